The molecule has 8 nitrogen and oxygen atoms in total. The highest BCUT2D eigenvalue weighted by Gasteiger charge is 2.25. The standard InChI is InChI=1S/C24H23ClN2O6S/c1-15(27-34(30,31)18-10-12-21(32-2)22(14-18)33-3)24(29)26-20-11-9-17(25)13-19(20)23(28)16-7-5-4-6-8-16/h4-15,27H,1-3H3,(H,26,29)/t15-/m1/s1. The van der Waals surface area contributed by atoms with E-state index in [2.05, 4.69) is 10.0 Å². The number of nitrogens with one attached hydrogen (secondary N) is 2. The molecule has 3 aromatic carbocycles. The van der Waals surface area contributed by atoms with E-state index in [1.165, 1.54) is 57.5 Å². The Bertz CT molecular complexity index is 1310. The Hall–Kier alpha value is -3.40. The molecule has 3 aromatic rings. The lowest BCUT2D eigenvalue weighted by Crippen LogP contribution is -2.41. The van der Waals surface area contributed by atoms with Crippen molar-refractivity contribution in [1.82, 2.24) is 4.72 Å². The number of hydrogen-bond donors (Lipinski definition) is 2. The molecule has 0 spiro atoms. The number of sulfonamides is 1. The number of ketones is 1. The molecule has 0 aliphatic rings. The summed E-state index contributed by atoms with van der Waals surface area (Å²) in [7, 11) is -1.24. The van der Waals surface area contributed by atoms with E-state index in [9.17, 15) is 18.0 Å². The van der Waals surface area contributed by atoms with Gasteiger partial charge in [0.2, 0.25) is 15.9 Å². The van der Waals surface area contributed by atoms with Crippen molar-refractivity contribution in [3.8, 4) is 11.5 Å². The molecule has 2 N–H and O–H groups in total. The average Bonchev–Trinajstić information content (AvgIpc) is 2.84. The molecule has 0 saturated carbocycles. The van der Waals surface area contributed by atoms with Gasteiger partial charge in [-0.2, -0.15) is 4.72 Å². The van der Waals surface area contributed by atoms with E-state index in [0.717, 1.165) is 0 Å². The molecule has 0 bridgehead atoms. The molecular weight excluding hydrogens is 480 g/mol. The molecule has 0 radical (unpaired) electrons. The highest BCUT2D eigenvalue weighted by Crippen LogP contribution is 2.29. The van der Waals surface area contributed by atoms with Crippen LogP contribution >= 0.6 is 11.6 Å². The molecule has 0 aromatic heterocycles. The Balaban J connectivity index is 1.81. The van der Waals surface area contributed by atoms with E-state index in [0.29, 0.717) is 16.3 Å². The van der Waals surface area contributed by atoms with Gasteiger partial charge in [0.1, 0.15) is 0 Å². The van der Waals surface area contributed by atoms with Crippen LogP contribution in [0.2, 0.25) is 5.02 Å². The Morgan fingerprint density at radius 1 is 0.912 bits per heavy atom. The molecule has 0 heterocycles. The van der Waals surface area contributed by atoms with E-state index in [4.69, 9.17) is 21.1 Å². The van der Waals surface area contributed by atoms with Gasteiger partial charge in [0.05, 0.1) is 30.8 Å². The van der Waals surface area contributed by atoms with Crippen molar-refractivity contribution >= 4 is 39.0 Å². The fourth-order valence-corrected chi connectivity index (χ4v) is 4.53. The molecule has 0 saturated heterocycles. The Kier molecular flexibility index (Phi) is 7.93. The number of halogens is 1. The van der Waals surface area contributed by atoms with E-state index >= 15 is 0 Å². The molecule has 10 heteroatoms. The molecule has 3 rings (SSSR count). The Labute approximate surface area is 202 Å². The number of anilines is 1. The summed E-state index contributed by atoms with van der Waals surface area (Å²) in [5.74, 6) is -0.399. The minimum atomic E-state index is -4.06. The van der Waals surface area contributed by atoms with Crippen molar-refractivity contribution in [1.29, 1.82) is 0 Å². The van der Waals surface area contributed by atoms with Gasteiger partial charge in [-0.25, -0.2) is 8.42 Å². The van der Waals surface area contributed by atoms with Gasteiger partial charge < -0.3 is 14.8 Å². The van der Waals surface area contributed by atoms with Gasteiger partial charge in [-0.05, 0) is 37.3 Å². The first-order chi connectivity index (χ1) is 16.2. The zero-order chi connectivity index (χ0) is 24.9. The maximum absolute atomic E-state index is 13.0. The topological polar surface area (TPSA) is 111 Å². The molecule has 1 atom stereocenters. The third-order valence-corrected chi connectivity index (χ3v) is 6.68. The van der Waals surface area contributed by atoms with E-state index < -0.39 is 22.0 Å². The SMILES string of the molecule is COc1ccc(S(=O)(=O)N[C@H](C)C(=O)Nc2ccc(Cl)cc2C(=O)c2ccccc2)cc1OC. The van der Waals surface area contributed by atoms with Gasteiger partial charge in [-0.1, -0.05) is 41.9 Å². The first-order valence-electron chi connectivity index (χ1n) is 10.1. The van der Waals surface area contributed by atoms with E-state index in [1.807, 2.05) is 0 Å². The van der Waals surface area contributed by atoms with Crippen LogP contribution in [0.1, 0.15) is 22.8 Å². The summed E-state index contributed by atoms with van der Waals surface area (Å²) in [4.78, 5) is 25.7. The van der Waals surface area contributed by atoms with Gasteiger partial charge in [-0.15, -0.1) is 0 Å². The number of hydrogen-bond acceptors (Lipinski definition) is 6. The number of rotatable bonds is 9. The zero-order valence-electron chi connectivity index (χ0n) is 18.7. The van der Waals surface area contributed by atoms with Crippen molar-refractivity contribution < 1.29 is 27.5 Å². The Morgan fingerprint density at radius 2 is 1.59 bits per heavy atom. The van der Waals surface area contributed by atoms with Crippen LogP contribution in [-0.2, 0) is 14.8 Å². The van der Waals surface area contributed by atoms with Gasteiger partial charge in [-0.3, -0.25) is 9.59 Å². The molecule has 0 aliphatic carbocycles. The number of ether oxygens (including phenoxy) is 2. The lowest BCUT2D eigenvalue weighted by Gasteiger charge is -2.17. The van der Waals surface area contributed by atoms with Crippen molar-refractivity contribution in [3.05, 3.63) is 82.9 Å². The maximum atomic E-state index is 13.0. The van der Waals surface area contributed by atoms with Gasteiger partial charge in [0.15, 0.2) is 17.3 Å². The first kappa shape index (κ1) is 25.2. The van der Waals surface area contributed by atoms with Gasteiger partial charge in [0, 0.05) is 22.2 Å². The van der Waals surface area contributed by atoms with Crippen LogP contribution in [0.25, 0.3) is 0 Å². The largest absolute Gasteiger partial charge is 0.493 e. The molecule has 1 amide bonds. The molecular formula is C24H23ClN2O6S. The normalized spacial score (nSPS) is 12.0. The fourth-order valence-electron chi connectivity index (χ4n) is 3.14. The smallest absolute Gasteiger partial charge is 0.242 e. The van der Waals surface area contributed by atoms with Crippen LogP contribution in [0.3, 0.4) is 0 Å². The summed E-state index contributed by atoms with van der Waals surface area (Å²) in [6, 6.07) is 15.9. The van der Waals surface area contributed by atoms with Gasteiger partial charge >= 0.3 is 0 Å². The quantitative estimate of drug-likeness (QED) is 0.429. The lowest BCUT2D eigenvalue weighted by atomic mass is 10.0. The molecule has 178 valence electrons. The van der Waals surface area contributed by atoms with Crippen LogP contribution in [0.15, 0.2) is 71.6 Å². The van der Waals surface area contributed by atoms with E-state index in [-0.39, 0.29) is 27.7 Å². The minimum absolute atomic E-state index is 0.101. The van der Waals surface area contributed by atoms with Crippen molar-refractivity contribution in [2.45, 2.75) is 17.9 Å². The third kappa shape index (κ3) is 5.74. The van der Waals surface area contributed by atoms with Gasteiger partial charge in [0.25, 0.3) is 0 Å². The first-order valence-corrected chi connectivity index (χ1v) is 12.0. The monoisotopic (exact) mass is 502 g/mol. The molecule has 0 unspecified atom stereocenters. The second kappa shape index (κ2) is 10.7. The van der Waals surface area contributed by atoms with Crippen molar-refractivity contribution in [2.24, 2.45) is 0 Å². The number of carbonyl (C=O) groups is 2. The number of benzene rings is 3. The minimum Gasteiger partial charge on any atom is -0.493 e. The molecule has 34 heavy (non-hydrogen) atoms. The molecule has 0 aliphatic heterocycles. The summed E-state index contributed by atoms with van der Waals surface area (Å²) in [5.41, 5.74) is 0.810. The van der Waals surface area contributed by atoms with Crippen molar-refractivity contribution in [3.63, 3.8) is 0 Å². The second-order valence-electron chi connectivity index (χ2n) is 7.23. The predicted octanol–water partition coefficient (Wildman–Crippen LogP) is 3.89. The summed E-state index contributed by atoms with van der Waals surface area (Å²) in [6.07, 6.45) is 0. The average molecular weight is 503 g/mol. The highest BCUT2D eigenvalue weighted by molar-refractivity contribution is 7.89. The summed E-state index contributed by atoms with van der Waals surface area (Å²) in [5, 5.41) is 2.93. The van der Waals surface area contributed by atoms with Crippen LogP contribution < -0.4 is 19.5 Å². The van der Waals surface area contributed by atoms with Crippen LogP contribution in [0.5, 0.6) is 11.5 Å². The summed E-state index contributed by atoms with van der Waals surface area (Å²) >= 11 is 6.07. The second-order valence-corrected chi connectivity index (χ2v) is 9.38. The summed E-state index contributed by atoms with van der Waals surface area (Å²) in [6.45, 7) is 1.39. The Morgan fingerprint density at radius 3 is 2.24 bits per heavy atom. The predicted molar refractivity (Wildman–Crippen MR) is 129 cm³/mol. The maximum Gasteiger partial charge on any atom is 0.242 e. The van der Waals surface area contributed by atoms with Crippen LogP contribution in [0.4, 0.5) is 5.69 Å². The number of carbonyl (C=O) groups excluding carboxylic acids is 2. The zero-order valence-corrected chi connectivity index (χ0v) is 20.2. The van der Waals surface area contributed by atoms with E-state index in [1.54, 1.807) is 30.3 Å². The highest BCUT2D eigenvalue weighted by atomic mass is 35.5. The number of amides is 1. The number of methoxy groups -OCH3 is 2. The van der Waals surface area contributed by atoms with Crippen LogP contribution in [-0.4, -0.2) is 40.4 Å². The third-order valence-electron chi connectivity index (χ3n) is 4.91. The fraction of sp³-hybridized carbons (Fsp3) is 0.167. The summed E-state index contributed by atoms with van der Waals surface area (Å²) < 4.78 is 38.2. The lowest BCUT2D eigenvalue weighted by molar-refractivity contribution is -0.117. The molecule has 0 fully saturated rings. The van der Waals surface area contributed by atoms with Crippen LogP contribution in [0, 0.1) is 0 Å². The van der Waals surface area contributed by atoms with Crippen molar-refractivity contribution in [2.75, 3.05) is 19.5 Å².